The van der Waals surface area contributed by atoms with E-state index < -0.39 is 0 Å². The lowest BCUT2D eigenvalue weighted by Gasteiger charge is -2.07. The number of hydrogen-bond acceptors (Lipinski definition) is 2. The minimum absolute atomic E-state index is 0.0501. The van der Waals surface area contributed by atoms with Crippen molar-refractivity contribution in [2.45, 2.75) is 19.9 Å². The number of anilines is 1. The van der Waals surface area contributed by atoms with Crippen LogP contribution in [0, 0.1) is 18.8 Å². The molecule has 2 unspecified atom stereocenters. The molecular weight excluding hydrogens is 368 g/mol. The Kier molecular flexibility index (Phi) is 5.00. The highest BCUT2D eigenvalue weighted by Crippen LogP contribution is 2.39. The molecular formula is C19H19BrN2O2. The molecule has 3 rings (SSSR count). The zero-order valence-corrected chi connectivity index (χ0v) is 15.0. The third-order valence-corrected chi connectivity index (χ3v) is 4.60. The summed E-state index contributed by atoms with van der Waals surface area (Å²) in [5, 5.41) is 5.78. The predicted molar refractivity (Wildman–Crippen MR) is 97.4 cm³/mol. The van der Waals surface area contributed by atoms with Crippen LogP contribution in [0.5, 0.6) is 0 Å². The maximum Gasteiger partial charge on any atom is 0.228 e. The van der Waals surface area contributed by atoms with Crippen LogP contribution in [0.15, 0.2) is 53.0 Å². The van der Waals surface area contributed by atoms with Crippen LogP contribution >= 0.6 is 15.9 Å². The first kappa shape index (κ1) is 16.7. The average Bonchev–Trinajstić information content (AvgIpc) is 3.33. The standard InChI is InChI=1S/C19H19BrN2O2/c1-12-4-2-5-13(8-12)11-21-18(23)16-10-17(16)19(24)22-15-7-3-6-14(20)9-15/h2-9,16-17H,10-11H2,1H3,(H,21,23)(H,22,24). The van der Waals surface area contributed by atoms with E-state index in [2.05, 4.69) is 26.6 Å². The summed E-state index contributed by atoms with van der Waals surface area (Å²) in [7, 11) is 0. The molecule has 4 nitrogen and oxygen atoms in total. The molecule has 2 aromatic carbocycles. The van der Waals surface area contributed by atoms with E-state index in [0.29, 0.717) is 13.0 Å². The van der Waals surface area contributed by atoms with Crippen LogP contribution in [0.1, 0.15) is 17.5 Å². The first-order valence-electron chi connectivity index (χ1n) is 7.92. The van der Waals surface area contributed by atoms with Crippen LogP contribution in [0.4, 0.5) is 5.69 Å². The van der Waals surface area contributed by atoms with E-state index in [9.17, 15) is 9.59 Å². The Balaban J connectivity index is 1.49. The second-order valence-electron chi connectivity index (χ2n) is 6.16. The Labute approximate surface area is 149 Å². The van der Waals surface area contributed by atoms with Crippen molar-refractivity contribution in [3.63, 3.8) is 0 Å². The highest BCUT2D eigenvalue weighted by Gasteiger charge is 2.47. The summed E-state index contributed by atoms with van der Waals surface area (Å²) >= 11 is 3.37. The Morgan fingerprint density at radius 1 is 1.08 bits per heavy atom. The van der Waals surface area contributed by atoms with Gasteiger partial charge in [-0.1, -0.05) is 51.8 Å². The summed E-state index contributed by atoms with van der Waals surface area (Å²) in [5.41, 5.74) is 2.97. The first-order chi connectivity index (χ1) is 11.5. The number of benzene rings is 2. The van der Waals surface area contributed by atoms with Crippen molar-refractivity contribution in [1.29, 1.82) is 0 Å². The van der Waals surface area contributed by atoms with Gasteiger partial charge in [-0.05, 0) is 37.1 Å². The molecule has 0 aliphatic heterocycles. The zero-order chi connectivity index (χ0) is 17.1. The lowest BCUT2D eigenvalue weighted by Crippen LogP contribution is -2.27. The van der Waals surface area contributed by atoms with E-state index in [-0.39, 0.29) is 23.7 Å². The van der Waals surface area contributed by atoms with Crippen LogP contribution in [-0.4, -0.2) is 11.8 Å². The van der Waals surface area contributed by atoms with Crippen LogP contribution < -0.4 is 10.6 Å². The molecule has 24 heavy (non-hydrogen) atoms. The molecule has 124 valence electrons. The van der Waals surface area contributed by atoms with Gasteiger partial charge in [0.15, 0.2) is 0 Å². The number of carbonyl (C=O) groups excluding carboxylic acids is 2. The second-order valence-corrected chi connectivity index (χ2v) is 7.07. The van der Waals surface area contributed by atoms with Crippen LogP contribution in [0.3, 0.4) is 0 Å². The maximum absolute atomic E-state index is 12.2. The number of rotatable bonds is 5. The van der Waals surface area contributed by atoms with E-state index in [4.69, 9.17) is 0 Å². The highest BCUT2D eigenvalue weighted by molar-refractivity contribution is 9.10. The normalized spacial score (nSPS) is 18.8. The van der Waals surface area contributed by atoms with E-state index in [0.717, 1.165) is 15.7 Å². The van der Waals surface area contributed by atoms with Gasteiger partial charge in [0.25, 0.3) is 0 Å². The summed E-state index contributed by atoms with van der Waals surface area (Å²) in [6.45, 7) is 2.52. The Bertz CT molecular complexity index is 775. The minimum Gasteiger partial charge on any atom is -0.352 e. The molecule has 0 bridgehead atoms. The van der Waals surface area contributed by atoms with E-state index >= 15 is 0 Å². The molecule has 2 atom stereocenters. The molecule has 1 saturated carbocycles. The predicted octanol–water partition coefficient (Wildman–Crippen LogP) is 3.65. The molecule has 2 amide bonds. The number of nitrogens with one attached hydrogen (secondary N) is 2. The van der Waals surface area contributed by atoms with Crippen molar-refractivity contribution >= 4 is 33.4 Å². The van der Waals surface area contributed by atoms with Crippen LogP contribution in [0.25, 0.3) is 0 Å². The number of carbonyl (C=O) groups is 2. The van der Waals surface area contributed by atoms with Crippen molar-refractivity contribution in [3.8, 4) is 0 Å². The average molecular weight is 387 g/mol. The lowest BCUT2D eigenvalue weighted by molar-refractivity contribution is -0.125. The number of amides is 2. The zero-order valence-electron chi connectivity index (χ0n) is 13.4. The number of halogens is 1. The molecule has 0 aromatic heterocycles. The Morgan fingerprint density at radius 3 is 2.58 bits per heavy atom. The second kappa shape index (κ2) is 7.18. The molecule has 0 radical (unpaired) electrons. The van der Waals surface area contributed by atoms with Crippen molar-refractivity contribution in [1.82, 2.24) is 5.32 Å². The number of aryl methyl sites for hydroxylation is 1. The molecule has 2 N–H and O–H groups in total. The van der Waals surface area contributed by atoms with E-state index in [1.165, 1.54) is 5.56 Å². The van der Waals surface area contributed by atoms with Gasteiger partial charge in [0, 0.05) is 16.7 Å². The molecule has 0 saturated heterocycles. The summed E-state index contributed by atoms with van der Waals surface area (Å²) in [6, 6.07) is 15.5. The fourth-order valence-corrected chi connectivity index (χ4v) is 3.12. The summed E-state index contributed by atoms with van der Waals surface area (Å²) in [4.78, 5) is 24.4. The fourth-order valence-electron chi connectivity index (χ4n) is 2.72. The third-order valence-electron chi connectivity index (χ3n) is 4.11. The summed E-state index contributed by atoms with van der Waals surface area (Å²) in [6.07, 6.45) is 0.611. The van der Waals surface area contributed by atoms with Gasteiger partial charge in [0.2, 0.25) is 11.8 Å². The topological polar surface area (TPSA) is 58.2 Å². The summed E-state index contributed by atoms with van der Waals surface area (Å²) < 4.78 is 0.906. The monoisotopic (exact) mass is 386 g/mol. The molecule has 5 heteroatoms. The van der Waals surface area contributed by atoms with Gasteiger partial charge in [-0.3, -0.25) is 9.59 Å². The van der Waals surface area contributed by atoms with Gasteiger partial charge < -0.3 is 10.6 Å². The highest BCUT2D eigenvalue weighted by atomic mass is 79.9. The van der Waals surface area contributed by atoms with E-state index in [1.54, 1.807) is 0 Å². The molecule has 1 fully saturated rings. The van der Waals surface area contributed by atoms with Gasteiger partial charge in [0.1, 0.15) is 0 Å². The van der Waals surface area contributed by atoms with Gasteiger partial charge in [-0.2, -0.15) is 0 Å². The number of hydrogen-bond donors (Lipinski definition) is 2. The smallest absolute Gasteiger partial charge is 0.228 e. The Hall–Kier alpha value is -2.14. The largest absolute Gasteiger partial charge is 0.352 e. The van der Waals surface area contributed by atoms with Gasteiger partial charge in [-0.25, -0.2) is 0 Å². The van der Waals surface area contributed by atoms with Gasteiger partial charge in [0.05, 0.1) is 11.8 Å². The van der Waals surface area contributed by atoms with Crippen LogP contribution in [-0.2, 0) is 16.1 Å². The molecule has 0 spiro atoms. The van der Waals surface area contributed by atoms with Crippen molar-refractivity contribution in [2.75, 3.05) is 5.32 Å². The van der Waals surface area contributed by atoms with Crippen molar-refractivity contribution in [2.24, 2.45) is 11.8 Å². The van der Waals surface area contributed by atoms with Crippen molar-refractivity contribution < 1.29 is 9.59 Å². The van der Waals surface area contributed by atoms with Gasteiger partial charge in [-0.15, -0.1) is 0 Å². The molecule has 1 aliphatic rings. The fraction of sp³-hybridized carbons (Fsp3) is 0.263. The summed E-state index contributed by atoms with van der Waals surface area (Å²) in [5.74, 6) is -0.599. The quantitative estimate of drug-likeness (QED) is 0.823. The Morgan fingerprint density at radius 2 is 1.83 bits per heavy atom. The van der Waals surface area contributed by atoms with Crippen molar-refractivity contribution in [3.05, 3.63) is 64.1 Å². The van der Waals surface area contributed by atoms with E-state index in [1.807, 2.05) is 55.5 Å². The third kappa shape index (κ3) is 4.23. The van der Waals surface area contributed by atoms with Crippen LogP contribution in [0.2, 0.25) is 0 Å². The maximum atomic E-state index is 12.2. The SMILES string of the molecule is Cc1cccc(CNC(=O)C2CC2C(=O)Nc2cccc(Br)c2)c1. The molecule has 2 aromatic rings. The van der Waals surface area contributed by atoms with Gasteiger partial charge >= 0.3 is 0 Å². The molecule has 1 aliphatic carbocycles. The lowest BCUT2D eigenvalue weighted by atomic mass is 10.1. The first-order valence-corrected chi connectivity index (χ1v) is 8.72. The minimum atomic E-state index is -0.235. The molecule has 0 heterocycles.